The van der Waals surface area contributed by atoms with Crippen molar-refractivity contribution in [2.75, 3.05) is 26.7 Å². The van der Waals surface area contributed by atoms with Crippen molar-refractivity contribution in [3.8, 4) is 0 Å². The Morgan fingerprint density at radius 2 is 2.13 bits per heavy atom. The standard InChI is InChI=1S/C18H31N5/c1-14(2)13-23-10-7-16(8-11-23)22-18(19-4)21-12-17-15(3)6-5-9-20-17/h5-6,9,14,16H,7-8,10-13H2,1-4H3,(H2,19,21,22). The largest absolute Gasteiger partial charge is 0.354 e. The van der Waals surface area contributed by atoms with E-state index in [1.807, 2.05) is 19.3 Å². The summed E-state index contributed by atoms with van der Waals surface area (Å²) in [5.74, 6) is 1.62. The number of piperidine rings is 1. The van der Waals surface area contributed by atoms with Crippen LogP contribution in [0.4, 0.5) is 0 Å². The van der Waals surface area contributed by atoms with E-state index >= 15 is 0 Å². The van der Waals surface area contributed by atoms with Crippen LogP contribution >= 0.6 is 0 Å². The molecule has 128 valence electrons. The number of likely N-dealkylation sites (tertiary alicyclic amines) is 1. The van der Waals surface area contributed by atoms with Gasteiger partial charge in [-0.2, -0.15) is 0 Å². The SMILES string of the molecule is CN=C(NCc1ncccc1C)NC1CCN(CC(C)C)CC1. The number of hydrogen-bond donors (Lipinski definition) is 2. The minimum Gasteiger partial charge on any atom is -0.354 e. The molecule has 1 aliphatic rings. The average Bonchev–Trinajstić information content (AvgIpc) is 2.54. The van der Waals surface area contributed by atoms with Crippen molar-refractivity contribution in [3.05, 3.63) is 29.6 Å². The molecule has 1 aliphatic heterocycles. The number of aromatic nitrogens is 1. The fraction of sp³-hybridized carbons (Fsp3) is 0.667. The van der Waals surface area contributed by atoms with Crippen LogP contribution in [0.15, 0.2) is 23.3 Å². The van der Waals surface area contributed by atoms with Crippen LogP contribution in [0.25, 0.3) is 0 Å². The first-order chi connectivity index (χ1) is 11.1. The van der Waals surface area contributed by atoms with E-state index < -0.39 is 0 Å². The van der Waals surface area contributed by atoms with E-state index in [4.69, 9.17) is 0 Å². The number of aryl methyl sites for hydroxylation is 1. The number of pyridine rings is 1. The maximum absolute atomic E-state index is 4.42. The third-order valence-corrected chi connectivity index (χ3v) is 4.32. The molecule has 23 heavy (non-hydrogen) atoms. The lowest BCUT2D eigenvalue weighted by atomic mass is 10.0. The van der Waals surface area contributed by atoms with Gasteiger partial charge in [-0.1, -0.05) is 19.9 Å². The van der Waals surface area contributed by atoms with Crippen molar-refractivity contribution in [1.82, 2.24) is 20.5 Å². The van der Waals surface area contributed by atoms with Crippen LogP contribution in [0.2, 0.25) is 0 Å². The van der Waals surface area contributed by atoms with Gasteiger partial charge in [0, 0.05) is 38.9 Å². The number of guanidine groups is 1. The molecule has 1 aromatic rings. The van der Waals surface area contributed by atoms with Crippen LogP contribution in [0.1, 0.15) is 37.9 Å². The normalized spacial score (nSPS) is 17.5. The summed E-state index contributed by atoms with van der Waals surface area (Å²) >= 11 is 0. The van der Waals surface area contributed by atoms with E-state index in [1.54, 1.807) is 0 Å². The highest BCUT2D eigenvalue weighted by atomic mass is 15.2. The zero-order valence-corrected chi connectivity index (χ0v) is 15.0. The first-order valence-electron chi connectivity index (χ1n) is 8.68. The predicted octanol–water partition coefficient (Wildman–Crippen LogP) is 2.18. The second-order valence-electron chi connectivity index (χ2n) is 6.81. The van der Waals surface area contributed by atoms with Gasteiger partial charge in [-0.15, -0.1) is 0 Å². The molecule has 0 atom stereocenters. The van der Waals surface area contributed by atoms with Gasteiger partial charge in [-0.05, 0) is 37.3 Å². The summed E-state index contributed by atoms with van der Waals surface area (Å²) < 4.78 is 0. The number of hydrogen-bond acceptors (Lipinski definition) is 3. The molecule has 2 N–H and O–H groups in total. The van der Waals surface area contributed by atoms with E-state index in [0.717, 1.165) is 17.6 Å². The van der Waals surface area contributed by atoms with Crippen molar-refractivity contribution in [3.63, 3.8) is 0 Å². The Kier molecular flexibility index (Phi) is 6.84. The van der Waals surface area contributed by atoms with Gasteiger partial charge in [0.15, 0.2) is 5.96 Å². The van der Waals surface area contributed by atoms with Gasteiger partial charge in [-0.25, -0.2) is 0 Å². The second-order valence-corrected chi connectivity index (χ2v) is 6.81. The molecule has 0 aliphatic carbocycles. The lowest BCUT2D eigenvalue weighted by Crippen LogP contribution is -2.49. The quantitative estimate of drug-likeness (QED) is 0.645. The van der Waals surface area contributed by atoms with Gasteiger partial charge in [0.1, 0.15) is 0 Å². The summed E-state index contributed by atoms with van der Waals surface area (Å²) in [5, 5.41) is 6.93. The third kappa shape index (κ3) is 5.82. The Balaban J connectivity index is 1.77. The molecule has 5 nitrogen and oxygen atoms in total. The summed E-state index contributed by atoms with van der Waals surface area (Å²) in [6.07, 6.45) is 4.19. The number of nitrogens with zero attached hydrogens (tertiary/aromatic N) is 3. The second kappa shape index (κ2) is 8.87. The van der Waals surface area contributed by atoms with E-state index in [2.05, 4.69) is 52.3 Å². The Bertz CT molecular complexity index is 504. The Morgan fingerprint density at radius 3 is 2.74 bits per heavy atom. The molecule has 0 amide bonds. The minimum absolute atomic E-state index is 0.509. The van der Waals surface area contributed by atoms with Crippen LogP contribution in [0, 0.1) is 12.8 Å². The summed E-state index contributed by atoms with van der Waals surface area (Å²) in [6, 6.07) is 4.57. The molecule has 0 unspecified atom stereocenters. The van der Waals surface area contributed by atoms with Crippen molar-refractivity contribution in [2.24, 2.45) is 10.9 Å². The highest BCUT2D eigenvalue weighted by Crippen LogP contribution is 2.12. The highest BCUT2D eigenvalue weighted by Gasteiger charge is 2.20. The first kappa shape index (κ1) is 17.7. The molecule has 1 saturated heterocycles. The van der Waals surface area contributed by atoms with Crippen molar-refractivity contribution < 1.29 is 0 Å². The van der Waals surface area contributed by atoms with Gasteiger partial charge in [-0.3, -0.25) is 9.98 Å². The maximum Gasteiger partial charge on any atom is 0.191 e. The molecule has 1 fully saturated rings. The van der Waals surface area contributed by atoms with E-state index in [1.165, 1.54) is 38.0 Å². The van der Waals surface area contributed by atoms with E-state index in [-0.39, 0.29) is 0 Å². The van der Waals surface area contributed by atoms with Crippen molar-refractivity contribution in [1.29, 1.82) is 0 Å². The van der Waals surface area contributed by atoms with Crippen LogP contribution in [0.5, 0.6) is 0 Å². The Hall–Kier alpha value is -1.62. The molecule has 2 rings (SSSR count). The molecule has 0 aromatic carbocycles. The molecule has 0 spiro atoms. The Labute approximate surface area is 140 Å². The summed E-state index contributed by atoms with van der Waals surface area (Å²) in [6.45, 7) is 10.9. The molecule has 0 saturated carbocycles. The molecular formula is C18H31N5. The lowest BCUT2D eigenvalue weighted by Gasteiger charge is -2.34. The van der Waals surface area contributed by atoms with Gasteiger partial charge in [0.25, 0.3) is 0 Å². The van der Waals surface area contributed by atoms with Gasteiger partial charge < -0.3 is 15.5 Å². The Morgan fingerprint density at radius 1 is 1.39 bits per heavy atom. The van der Waals surface area contributed by atoms with Crippen molar-refractivity contribution in [2.45, 2.75) is 46.2 Å². The highest BCUT2D eigenvalue weighted by molar-refractivity contribution is 5.79. The van der Waals surface area contributed by atoms with Crippen LogP contribution < -0.4 is 10.6 Å². The van der Waals surface area contributed by atoms with Gasteiger partial charge >= 0.3 is 0 Å². The first-order valence-corrected chi connectivity index (χ1v) is 8.68. The zero-order valence-electron chi connectivity index (χ0n) is 15.0. The summed E-state index contributed by atoms with van der Waals surface area (Å²) in [5.41, 5.74) is 2.28. The number of nitrogens with one attached hydrogen (secondary N) is 2. The maximum atomic E-state index is 4.42. The minimum atomic E-state index is 0.509. The molecule has 0 radical (unpaired) electrons. The molecule has 2 heterocycles. The fourth-order valence-electron chi connectivity index (χ4n) is 3.04. The topological polar surface area (TPSA) is 52.6 Å². The average molecular weight is 317 g/mol. The molecular weight excluding hydrogens is 286 g/mol. The molecule has 5 heteroatoms. The van der Waals surface area contributed by atoms with E-state index in [9.17, 15) is 0 Å². The summed E-state index contributed by atoms with van der Waals surface area (Å²) in [7, 11) is 1.83. The van der Waals surface area contributed by atoms with Crippen LogP contribution in [-0.2, 0) is 6.54 Å². The smallest absolute Gasteiger partial charge is 0.191 e. The molecule has 0 bridgehead atoms. The summed E-state index contributed by atoms with van der Waals surface area (Å²) in [4.78, 5) is 11.3. The fourth-order valence-corrected chi connectivity index (χ4v) is 3.04. The number of aliphatic imine (C=N–C) groups is 1. The van der Waals surface area contributed by atoms with Crippen LogP contribution in [0.3, 0.4) is 0 Å². The zero-order chi connectivity index (χ0) is 16.7. The predicted molar refractivity (Wildman–Crippen MR) is 96.6 cm³/mol. The monoisotopic (exact) mass is 317 g/mol. The van der Waals surface area contributed by atoms with Gasteiger partial charge in [0.2, 0.25) is 0 Å². The lowest BCUT2D eigenvalue weighted by molar-refractivity contribution is 0.187. The van der Waals surface area contributed by atoms with E-state index in [0.29, 0.717) is 12.6 Å². The van der Waals surface area contributed by atoms with Crippen molar-refractivity contribution >= 4 is 5.96 Å². The molecule has 1 aromatic heterocycles. The number of rotatable bonds is 5. The van der Waals surface area contributed by atoms with Gasteiger partial charge in [0.05, 0.1) is 12.2 Å². The third-order valence-electron chi connectivity index (χ3n) is 4.32. The van der Waals surface area contributed by atoms with Crippen LogP contribution in [-0.4, -0.2) is 48.6 Å².